The molecule has 8 rings (SSSR count). The van der Waals surface area contributed by atoms with E-state index in [4.69, 9.17) is 4.43 Å². The maximum Gasteiger partial charge on any atom is 0.324 e. The van der Waals surface area contributed by atoms with Crippen molar-refractivity contribution in [3.05, 3.63) is 120 Å². The molecule has 4 aromatic carbocycles. The van der Waals surface area contributed by atoms with Gasteiger partial charge in [0.1, 0.15) is 5.75 Å². The SMILES string of the molecule is CC(C)(C)[Si](OC(=O)C=Cc1ccc(-c2ccc(O)c(C34CC5CC(CC(C5)C3)C4)c2)cc1)(c1ccccc1)c1ccccc1. The summed E-state index contributed by atoms with van der Waals surface area (Å²) in [4.78, 5) is 13.5. The molecule has 4 saturated carbocycles. The zero-order chi connectivity index (χ0) is 31.2. The molecule has 4 aromatic rings. The molecule has 0 aliphatic heterocycles. The Labute approximate surface area is 269 Å². The molecule has 230 valence electrons. The number of phenolic OH excluding ortho intramolecular Hbond substituents is 1. The maximum absolute atomic E-state index is 13.5. The first-order valence-electron chi connectivity index (χ1n) is 16.6. The van der Waals surface area contributed by atoms with Gasteiger partial charge in [0.2, 0.25) is 0 Å². The minimum Gasteiger partial charge on any atom is -0.508 e. The molecule has 0 saturated heterocycles. The van der Waals surface area contributed by atoms with E-state index in [1.54, 1.807) is 6.08 Å². The van der Waals surface area contributed by atoms with Gasteiger partial charge in [0.05, 0.1) is 0 Å². The standard InChI is InChI=1S/C41H44O3Si/c1-40(2,3)45(35-10-6-4-7-11-35,36-12-8-5-9-13-36)44-39(43)21-16-29-14-17-33(18-15-29)34-19-20-38(42)37(25-34)41-26-30-22-31(27-41)24-32(23-30)28-41/h4-21,25,30-32,42H,22-24,26-28H2,1-3H3. The highest BCUT2D eigenvalue weighted by molar-refractivity contribution is 7.00. The summed E-state index contributed by atoms with van der Waals surface area (Å²) in [6.07, 6.45) is 11.3. The van der Waals surface area contributed by atoms with Crippen LogP contribution in [0.25, 0.3) is 17.2 Å². The van der Waals surface area contributed by atoms with Crippen LogP contribution in [0.4, 0.5) is 0 Å². The van der Waals surface area contributed by atoms with Gasteiger partial charge in [-0.2, -0.15) is 0 Å². The van der Waals surface area contributed by atoms with Gasteiger partial charge in [-0.05, 0) is 112 Å². The number of carbonyl (C=O) groups is 1. The number of rotatable bonds is 7. The Kier molecular flexibility index (Phi) is 7.60. The van der Waals surface area contributed by atoms with Crippen molar-refractivity contribution in [1.82, 2.24) is 0 Å². The smallest absolute Gasteiger partial charge is 0.324 e. The molecular formula is C41H44O3Si. The summed E-state index contributed by atoms with van der Waals surface area (Å²) in [5.74, 6) is 2.61. The molecule has 0 radical (unpaired) electrons. The predicted octanol–water partition coefficient (Wildman–Crippen LogP) is 8.64. The number of hydrogen-bond donors (Lipinski definition) is 1. The molecule has 1 N–H and O–H groups in total. The molecule has 0 atom stereocenters. The van der Waals surface area contributed by atoms with E-state index in [0.29, 0.717) is 5.75 Å². The molecule has 45 heavy (non-hydrogen) atoms. The largest absolute Gasteiger partial charge is 0.508 e. The van der Waals surface area contributed by atoms with Gasteiger partial charge >= 0.3 is 14.3 Å². The summed E-state index contributed by atoms with van der Waals surface area (Å²) < 4.78 is 6.60. The van der Waals surface area contributed by atoms with E-state index in [-0.39, 0.29) is 16.4 Å². The number of phenols is 1. The molecular weight excluding hydrogens is 569 g/mol. The van der Waals surface area contributed by atoms with Crippen LogP contribution in [0.15, 0.2) is 109 Å². The lowest BCUT2D eigenvalue weighted by atomic mass is 9.48. The second-order valence-corrected chi connectivity index (χ2v) is 19.2. The highest BCUT2D eigenvalue weighted by atomic mass is 28.4. The first-order chi connectivity index (χ1) is 21.6. The Morgan fingerprint density at radius 1 is 0.756 bits per heavy atom. The molecule has 4 aliphatic carbocycles. The molecule has 0 aromatic heterocycles. The molecule has 0 unspecified atom stereocenters. The van der Waals surface area contributed by atoms with Gasteiger partial charge in [0, 0.05) is 11.6 Å². The van der Waals surface area contributed by atoms with E-state index in [1.807, 2.05) is 54.6 Å². The Morgan fingerprint density at radius 3 is 1.78 bits per heavy atom. The van der Waals surface area contributed by atoms with Crippen LogP contribution in [0.2, 0.25) is 5.04 Å². The highest BCUT2D eigenvalue weighted by Crippen LogP contribution is 2.62. The summed E-state index contributed by atoms with van der Waals surface area (Å²) in [7, 11) is -2.96. The summed E-state index contributed by atoms with van der Waals surface area (Å²) in [6, 6.07) is 35.0. The number of hydrogen-bond acceptors (Lipinski definition) is 3. The fourth-order valence-electron chi connectivity index (χ4n) is 9.37. The second-order valence-electron chi connectivity index (χ2n) is 15.0. The van der Waals surface area contributed by atoms with Crippen LogP contribution in [0.3, 0.4) is 0 Å². The van der Waals surface area contributed by atoms with Gasteiger partial charge in [-0.15, -0.1) is 0 Å². The van der Waals surface area contributed by atoms with Crippen LogP contribution in [-0.4, -0.2) is 19.4 Å². The average molecular weight is 613 g/mol. The minimum absolute atomic E-state index is 0.142. The maximum atomic E-state index is 13.5. The quantitative estimate of drug-likeness (QED) is 0.168. The van der Waals surface area contributed by atoms with Crippen molar-refractivity contribution in [1.29, 1.82) is 0 Å². The third-order valence-electron chi connectivity index (χ3n) is 10.9. The summed E-state index contributed by atoms with van der Waals surface area (Å²) >= 11 is 0. The van der Waals surface area contributed by atoms with Crippen molar-refractivity contribution in [3.63, 3.8) is 0 Å². The van der Waals surface area contributed by atoms with Crippen LogP contribution < -0.4 is 10.4 Å². The normalized spacial score (nSPS) is 24.2. The van der Waals surface area contributed by atoms with Crippen molar-refractivity contribution in [2.45, 2.75) is 69.7 Å². The van der Waals surface area contributed by atoms with Crippen LogP contribution in [-0.2, 0) is 14.6 Å². The van der Waals surface area contributed by atoms with Crippen molar-refractivity contribution < 1.29 is 14.3 Å². The molecule has 4 fully saturated rings. The fraction of sp³-hybridized carbons (Fsp3) is 0.341. The number of carbonyl (C=O) groups excluding carboxylic acids is 1. The van der Waals surface area contributed by atoms with Crippen LogP contribution in [0, 0.1) is 17.8 Å². The Hall–Kier alpha value is -3.89. The number of aromatic hydroxyl groups is 1. The van der Waals surface area contributed by atoms with Crippen molar-refractivity contribution in [2.75, 3.05) is 0 Å². The summed E-state index contributed by atoms with van der Waals surface area (Å²) in [5, 5.41) is 12.9. The van der Waals surface area contributed by atoms with E-state index >= 15 is 0 Å². The Balaban J connectivity index is 1.12. The van der Waals surface area contributed by atoms with Gasteiger partial charge in [-0.25, -0.2) is 4.79 Å². The second kappa shape index (κ2) is 11.5. The lowest BCUT2D eigenvalue weighted by Crippen LogP contribution is -2.67. The van der Waals surface area contributed by atoms with Gasteiger partial charge in [-0.3, -0.25) is 0 Å². The third kappa shape index (κ3) is 5.48. The van der Waals surface area contributed by atoms with Crippen molar-refractivity contribution in [3.8, 4) is 16.9 Å². The lowest BCUT2D eigenvalue weighted by Gasteiger charge is -2.57. The molecule has 0 amide bonds. The van der Waals surface area contributed by atoms with E-state index in [9.17, 15) is 9.90 Å². The molecule has 0 spiro atoms. The van der Waals surface area contributed by atoms with E-state index in [2.05, 4.69) is 75.4 Å². The van der Waals surface area contributed by atoms with Gasteiger partial charge in [0.15, 0.2) is 0 Å². The molecule has 4 bridgehead atoms. The van der Waals surface area contributed by atoms with Gasteiger partial charge in [-0.1, -0.05) is 112 Å². The molecule has 4 heteroatoms. The predicted molar refractivity (Wildman–Crippen MR) is 186 cm³/mol. The average Bonchev–Trinajstić information content (AvgIpc) is 3.03. The molecule has 4 aliphatic rings. The third-order valence-corrected chi connectivity index (χ3v) is 15.8. The fourth-order valence-corrected chi connectivity index (χ4v) is 13.7. The van der Waals surface area contributed by atoms with E-state index in [1.165, 1.54) is 38.5 Å². The monoisotopic (exact) mass is 612 g/mol. The topological polar surface area (TPSA) is 46.5 Å². The summed E-state index contributed by atoms with van der Waals surface area (Å²) in [5.41, 5.74) is 4.50. The van der Waals surface area contributed by atoms with Crippen LogP contribution in [0.5, 0.6) is 5.75 Å². The first kappa shape index (κ1) is 29.8. The van der Waals surface area contributed by atoms with Crippen LogP contribution >= 0.6 is 0 Å². The van der Waals surface area contributed by atoms with Gasteiger partial charge < -0.3 is 9.53 Å². The zero-order valence-corrected chi connectivity index (χ0v) is 27.7. The van der Waals surface area contributed by atoms with E-state index < -0.39 is 8.32 Å². The lowest BCUT2D eigenvalue weighted by molar-refractivity contribution is -0.129. The molecule has 3 nitrogen and oxygen atoms in total. The minimum atomic E-state index is -2.96. The Morgan fingerprint density at radius 2 is 1.27 bits per heavy atom. The Bertz CT molecular complexity index is 1620. The molecule has 0 heterocycles. The summed E-state index contributed by atoms with van der Waals surface area (Å²) in [6.45, 7) is 6.52. The highest BCUT2D eigenvalue weighted by Gasteiger charge is 2.53. The first-order valence-corrected chi connectivity index (χ1v) is 18.5. The zero-order valence-electron chi connectivity index (χ0n) is 26.7. The van der Waals surface area contributed by atoms with E-state index in [0.717, 1.165) is 50.4 Å². The van der Waals surface area contributed by atoms with Crippen LogP contribution in [0.1, 0.15) is 70.4 Å². The van der Waals surface area contributed by atoms with Gasteiger partial charge in [0.25, 0.3) is 0 Å². The van der Waals surface area contributed by atoms with Crippen molar-refractivity contribution >= 4 is 30.7 Å². The van der Waals surface area contributed by atoms with Crippen molar-refractivity contribution in [2.24, 2.45) is 17.8 Å². The number of benzene rings is 4.